The van der Waals surface area contributed by atoms with Gasteiger partial charge in [0.2, 0.25) is 0 Å². The van der Waals surface area contributed by atoms with Crippen LogP contribution in [-0.4, -0.2) is 18.3 Å². The van der Waals surface area contributed by atoms with Crippen molar-refractivity contribution in [1.82, 2.24) is 0 Å². The SMILES string of the molecule is Cc1ccc(OCC(N)=O)c2c1[C@H](C)CC2=O. The maximum absolute atomic E-state index is 11.9. The standard InChI is InChI=1S/C13H15NO3/c1-7-3-4-10(17-6-11(14)16)13-9(15)5-8(2)12(7)13/h3-4,8H,5-6H2,1-2H3,(H2,14,16)/t8-/m1/s1. The van der Waals surface area contributed by atoms with Crippen LogP contribution in [0.15, 0.2) is 12.1 Å². The summed E-state index contributed by atoms with van der Waals surface area (Å²) in [6.07, 6.45) is 0.507. The van der Waals surface area contributed by atoms with E-state index in [0.29, 0.717) is 17.7 Å². The van der Waals surface area contributed by atoms with Gasteiger partial charge in [-0.15, -0.1) is 0 Å². The molecule has 2 N–H and O–H groups in total. The van der Waals surface area contributed by atoms with Crippen molar-refractivity contribution in [2.24, 2.45) is 5.73 Å². The number of ether oxygens (including phenoxy) is 1. The number of aryl methyl sites for hydroxylation is 1. The molecule has 4 nitrogen and oxygen atoms in total. The first-order valence-electron chi connectivity index (χ1n) is 5.58. The molecule has 1 atom stereocenters. The van der Waals surface area contributed by atoms with E-state index >= 15 is 0 Å². The van der Waals surface area contributed by atoms with Gasteiger partial charge < -0.3 is 10.5 Å². The highest BCUT2D eigenvalue weighted by Gasteiger charge is 2.31. The van der Waals surface area contributed by atoms with Gasteiger partial charge in [-0.1, -0.05) is 13.0 Å². The predicted octanol–water partition coefficient (Wildman–Crippen LogP) is 1.55. The van der Waals surface area contributed by atoms with Gasteiger partial charge >= 0.3 is 0 Å². The second kappa shape index (κ2) is 4.20. The number of fused-ring (bicyclic) bond motifs is 1. The molecule has 2 rings (SSSR count). The number of rotatable bonds is 3. The number of hydrogen-bond donors (Lipinski definition) is 1. The Bertz CT molecular complexity index is 494. The van der Waals surface area contributed by atoms with Crippen molar-refractivity contribution in [2.75, 3.05) is 6.61 Å². The number of hydrogen-bond acceptors (Lipinski definition) is 3. The van der Waals surface area contributed by atoms with E-state index in [9.17, 15) is 9.59 Å². The summed E-state index contributed by atoms with van der Waals surface area (Å²) < 4.78 is 5.29. The topological polar surface area (TPSA) is 69.4 Å². The largest absolute Gasteiger partial charge is 0.483 e. The molecular formula is C13H15NO3. The van der Waals surface area contributed by atoms with Gasteiger partial charge in [-0.2, -0.15) is 0 Å². The van der Waals surface area contributed by atoms with Crippen molar-refractivity contribution >= 4 is 11.7 Å². The van der Waals surface area contributed by atoms with Gasteiger partial charge in [0.05, 0.1) is 5.56 Å². The molecule has 1 aliphatic carbocycles. The van der Waals surface area contributed by atoms with Crippen LogP contribution in [0.2, 0.25) is 0 Å². The molecule has 0 heterocycles. The summed E-state index contributed by atoms with van der Waals surface area (Å²) in [5.74, 6) is 0.224. The Labute approximate surface area is 99.8 Å². The smallest absolute Gasteiger partial charge is 0.255 e. The van der Waals surface area contributed by atoms with E-state index in [4.69, 9.17) is 10.5 Å². The quantitative estimate of drug-likeness (QED) is 0.861. The minimum absolute atomic E-state index is 0.0793. The lowest BCUT2D eigenvalue weighted by Crippen LogP contribution is -2.20. The fourth-order valence-corrected chi connectivity index (χ4v) is 2.38. The summed E-state index contributed by atoms with van der Waals surface area (Å²) in [7, 11) is 0. The number of amides is 1. The van der Waals surface area contributed by atoms with E-state index < -0.39 is 5.91 Å². The van der Waals surface area contributed by atoms with Gasteiger partial charge in [0.1, 0.15) is 5.75 Å². The van der Waals surface area contributed by atoms with Gasteiger partial charge in [-0.3, -0.25) is 9.59 Å². The second-order valence-corrected chi connectivity index (χ2v) is 4.45. The number of carbonyl (C=O) groups excluding carboxylic acids is 2. The van der Waals surface area contributed by atoms with Gasteiger partial charge in [0, 0.05) is 6.42 Å². The molecule has 0 bridgehead atoms. The van der Waals surface area contributed by atoms with Crippen LogP contribution in [0.5, 0.6) is 5.75 Å². The van der Waals surface area contributed by atoms with E-state index in [1.54, 1.807) is 6.07 Å². The number of carbonyl (C=O) groups is 2. The first kappa shape index (κ1) is 11.6. The zero-order valence-corrected chi connectivity index (χ0v) is 9.95. The normalized spacial score (nSPS) is 18.0. The Kier molecular flexibility index (Phi) is 2.88. The molecule has 0 radical (unpaired) electrons. The van der Waals surface area contributed by atoms with Gasteiger partial charge in [0.25, 0.3) is 5.91 Å². The molecule has 0 saturated carbocycles. The first-order valence-corrected chi connectivity index (χ1v) is 5.58. The van der Waals surface area contributed by atoms with E-state index in [1.807, 2.05) is 19.9 Å². The molecule has 90 valence electrons. The van der Waals surface area contributed by atoms with Crippen molar-refractivity contribution in [2.45, 2.75) is 26.2 Å². The van der Waals surface area contributed by atoms with Crippen LogP contribution in [0.4, 0.5) is 0 Å². The third-order valence-corrected chi connectivity index (χ3v) is 3.06. The van der Waals surface area contributed by atoms with Crippen LogP contribution in [0.25, 0.3) is 0 Å². The molecule has 4 heteroatoms. The number of ketones is 1. The van der Waals surface area contributed by atoms with Gasteiger partial charge in [-0.05, 0) is 30.0 Å². The summed E-state index contributed by atoms with van der Waals surface area (Å²) in [5, 5.41) is 0. The van der Waals surface area contributed by atoms with Crippen LogP contribution in [-0.2, 0) is 4.79 Å². The molecule has 1 aromatic carbocycles. The summed E-state index contributed by atoms with van der Waals surface area (Å²) in [6, 6.07) is 3.64. The molecule has 0 spiro atoms. The number of primary amides is 1. The highest BCUT2D eigenvalue weighted by Crippen LogP contribution is 2.40. The molecule has 0 fully saturated rings. The lowest BCUT2D eigenvalue weighted by atomic mass is 9.97. The third kappa shape index (κ3) is 2.02. The second-order valence-electron chi connectivity index (χ2n) is 4.45. The summed E-state index contributed by atoms with van der Waals surface area (Å²) in [4.78, 5) is 22.6. The van der Waals surface area contributed by atoms with Crippen molar-refractivity contribution in [1.29, 1.82) is 0 Å². The summed E-state index contributed by atoms with van der Waals surface area (Å²) >= 11 is 0. The minimum Gasteiger partial charge on any atom is -0.483 e. The van der Waals surface area contributed by atoms with Gasteiger partial charge in [-0.25, -0.2) is 0 Å². The highest BCUT2D eigenvalue weighted by molar-refractivity contribution is 6.04. The maximum atomic E-state index is 11.9. The van der Waals surface area contributed by atoms with Crippen LogP contribution >= 0.6 is 0 Å². The Balaban J connectivity index is 2.42. The Hall–Kier alpha value is -1.84. The summed E-state index contributed by atoms with van der Waals surface area (Å²) in [6.45, 7) is 3.80. The average molecular weight is 233 g/mol. The minimum atomic E-state index is -0.544. The van der Waals surface area contributed by atoms with Crippen molar-refractivity contribution in [3.05, 3.63) is 28.8 Å². The molecular weight excluding hydrogens is 218 g/mol. The van der Waals surface area contributed by atoms with E-state index in [-0.39, 0.29) is 18.3 Å². The maximum Gasteiger partial charge on any atom is 0.255 e. The third-order valence-electron chi connectivity index (χ3n) is 3.06. The zero-order valence-electron chi connectivity index (χ0n) is 9.95. The van der Waals surface area contributed by atoms with Crippen LogP contribution in [0.3, 0.4) is 0 Å². The number of benzene rings is 1. The fraction of sp³-hybridized carbons (Fsp3) is 0.385. The van der Waals surface area contributed by atoms with Crippen molar-refractivity contribution in [3.8, 4) is 5.75 Å². The molecule has 1 amide bonds. The number of nitrogens with two attached hydrogens (primary N) is 1. The Morgan fingerprint density at radius 3 is 2.88 bits per heavy atom. The van der Waals surface area contributed by atoms with Crippen molar-refractivity contribution < 1.29 is 14.3 Å². The molecule has 0 saturated heterocycles. The van der Waals surface area contributed by atoms with E-state index in [2.05, 4.69) is 0 Å². The first-order chi connectivity index (χ1) is 8.00. The van der Waals surface area contributed by atoms with Crippen LogP contribution in [0, 0.1) is 6.92 Å². The molecule has 0 aliphatic heterocycles. The lowest BCUT2D eigenvalue weighted by molar-refractivity contribution is -0.119. The molecule has 1 aliphatic rings. The average Bonchev–Trinajstić information content (AvgIpc) is 2.55. The fourth-order valence-electron chi connectivity index (χ4n) is 2.38. The van der Waals surface area contributed by atoms with Gasteiger partial charge in [0.15, 0.2) is 12.4 Å². The van der Waals surface area contributed by atoms with E-state index in [0.717, 1.165) is 11.1 Å². The van der Waals surface area contributed by atoms with E-state index in [1.165, 1.54) is 0 Å². The monoisotopic (exact) mass is 233 g/mol. The van der Waals surface area contributed by atoms with Crippen LogP contribution < -0.4 is 10.5 Å². The van der Waals surface area contributed by atoms with Crippen molar-refractivity contribution in [3.63, 3.8) is 0 Å². The number of Topliss-reactive ketones (excluding diaryl/α,β-unsaturated/α-hetero) is 1. The molecule has 0 aromatic heterocycles. The molecule has 17 heavy (non-hydrogen) atoms. The highest BCUT2D eigenvalue weighted by atomic mass is 16.5. The Morgan fingerprint density at radius 1 is 1.53 bits per heavy atom. The molecule has 1 aromatic rings. The molecule has 0 unspecified atom stereocenters. The van der Waals surface area contributed by atoms with Crippen LogP contribution in [0.1, 0.15) is 40.7 Å². The zero-order chi connectivity index (χ0) is 12.6. The lowest BCUT2D eigenvalue weighted by Gasteiger charge is -2.12. The summed E-state index contributed by atoms with van der Waals surface area (Å²) in [5.41, 5.74) is 7.78. The Morgan fingerprint density at radius 2 is 2.24 bits per heavy atom. The predicted molar refractivity (Wildman–Crippen MR) is 63.2 cm³/mol.